The summed E-state index contributed by atoms with van der Waals surface area (Å²) in [6.07, 6.45) is 8.28. The fourth-order valence-corrected chi connectivity index (χ4v) is 8.06. The second-order valence-electron chi connectivity index (χ2n) is 14.2. The fourth-order valence-electron chi connectivity index (χ4n) is 8.06. The summed E-state index contributed by atoms with van der Waals surface area (Å²) in [4.78, 5) is 0. The van der Waals surface area contributed by atoms with Gasteiger partial charge in [0, 0.05) is 22.5 Å². The summed E-state index contributed by atoms with van der Waals surface area (Å²) in [6, 6.07) is 48.8. The van der Waals surface area contributed by atoms with Crippen molar-refractivity contribution in [2.75, 3.05) is 0 Å². The van der Waals surface area contributed by atoms with Crippen molar-refractivity contribution in [1.29, 1.82) is 0 Å². The molecule has 1 heteroatoms. The van der Waals surface area contributed by atoms with Crippen LogP contribution in [0.5, 0.6) is 5.75 Å². The molecule has 0 fully saturated rings. The van der Waals surface area contributed by atoms with Gasteiger partial charge in [-0.05, 0) is 97.8 Å². The lowest BCUT2D eigenvalue weighted by molar-refractivity contribution is 0.426. The number of para-hydroxylation sites is 1. The summed E-state index contributed by atoms with van der Waals surface area (Å²) in [7, 11) is 0. The maximum atomic E-state index is 6.47. The predicted octanol–water partition coefficient (Wildman–Crippen LogP) is 12.6. The van der Waals surface area contributed by atoms with Crippen molar-refractivity contribution in [3.63, 3.8) is 0 Å². The van der Waals surface area contributed by atoms with Crippen LogP contribution in [0, 0.1) is 0 Å². The lowest BCUT2D eigenvalue weighted by atomic mass is 9.80. The molecule has 0 bridgehead atoms. The first kappa shape index (κ1) is 29.5. The second-order valence-corrected chi connectivity index (χ2v) is 14.2. The van der Waals surface area contributed by atoms with Gasteiger partial charge in [0.2, 0.25) is 0 Å². The molecule has 1 atom stereocenters. The molecule has 1 aliphatic heterocycles. The standard InChI is InChI=1S/C48H38O/c1-31(28-32-16-18-34(19-17-32)36-22-20-35(21-23-36)33-10-5-4-6-11-33)37-24-26-40-41-27-25-38(30-45(41)48(2,3)44(40)29-37)39-13-9-14-43-42-12-7-8-15-46(42)49-47(39)43/h4-11,13-27,29-30,42H,1,12,28H2,2-3H3. The highest BCUT2D eigenvalue weighted by molar-refractivity contribution is 5.86. The molecule has 6 aromatic rings. The van der Waals surface area contributed by atoms with Gasteiger partial charge in [-0.2, -0.15) is 0 Å². The third-order valence-corrected chi connectivity index (χ3v) is 10.8. The Morgan fingerprint density at radius 1 is 0.653 bits per heavy atom. The van der Waals surface area contributed by atoms with Crippen LogP contribution in [0.25, 0.3) is 50.1 Å². The minimum atomic E-state index is -0.131. The molecule has 49 heavy (non-hydrogen) atoms. The fraction of sp³-hybridized carbons (Fsp3) is 0.125. The number of hydrogen-bond donors (Lipinski definition) is 0. The van der Waals surface area contributed by atoms with Gasteiger partial charge >= 0.3 is 0 Å². The smallest absolute Gasteiger partial charge is 0.138 e. The van der Waals surface area contributed by atoms with E-state index in [4.69, 9.17) is 4.74 Å². The van der Waals surface area contributed by atoms with Gasteiger partial charge in [-0.15, -0.1) is 0 Å². The van der Waals surface area contributed by atoms with Crippen LogP contribution in [0.4, 0.5) is 0 Å². The quantitative estimate of drug-likeness (QED) is 0.178. The molecule has 1 nitrogen and oxygen atoms in total. The average molecular weight is 631 g/mol. The molecule has 0 aromatic heterocycles. The number of hydrogen-bond acceptors (Lipinski definition) is 1. The van der Waals surface area contributed by atoms with Crippen LogP contribution >= 0.6 is 0 Å². The summed E-state index contributed by atoms with van der Waals surface area (Å²) < 4.78 is 6.47. The van der Waals surface area contributed by atoms with Gasteiger partial charge in [-0.1, -0.05) is 154 Å². The molecule has 1 unspecified atom stereocenters. The normalized spacial score (nSPS) is 16.2. The third-order valence-electron chi connectivity index (χ3n) is 10.8. The van der Waals surface area contributed by atoms with Gasteiger partial charge in [0.15, 0.2) is 0 Å². The van der Waals surface area contributed by atoms with E-state index in [1.54, 1.807) is 0 Å². The molecule has 236 valence electrons. The predicted molar refractivity (Wildman–Crippen MR) is 205 cm³/mol. The molecular weight excluding hydrogens is 593 g/mol. The zero-order chi connectivity index (χ0) is 33.1. The molecular formula is C48H38O. The monoisotopic (exact) mass is 630 g/mol. The molecule has 9 rings (SSSR count). The molecule has 0 radical (unpaired) electrons. The molecule has 0 amide bonds. The van der Waals surface area contributed by atoms with Crippen molar-refractivity contribution in [1.82, 2.24) is 0 Å². The van der Waals surface area contributed by atoms with E-state index in [-0.39, 0.29) is 5.41 Å². The van der Waals surface area contributed by atoms with Crippen molar-refractivity contribution in [3.05, 3.63) is 192 Å². The Balaban J connectivity index is 0.943. The maximum Gasteiger partial charge on any atom is 0.138 e. The van der Waals surface area contributed by atoms with E-state index in [1.807, 2.05) is 0 Å². The molecule has 2 aliphatic carbocycles. The van der Waals surface area contributed by atoms with Crippen LogP contribution in [0.15, 0.2) is 164 Å². The molecule has 3 aliphatic rings. The highest BCUT2D eigenvalue weighted by Gasteiger charge is 2.37. The van der Waals surface area contributed by atoms with Crippen molar-refractivity contribution in [2.45, 2.75) is 38.0 Å². The van der Waals surface area contributed by atoms with E-state index >= 15 is 0 Å². The van der Waals surface area contributed by atoms with Crippen LogP contribution in [0.2, 0.25) is 0 Å². The zero-order valence-electron chi connectivity index (χ0n) is 28.0. The van der Waals surface area contributed by atoms with Crippen molar-refractivity contribution < 1.29 is 4.74 Å². The van der Waals surface area contributed by atoms with Gasteiger partial charge in [-0.25, -0.2) is 0 Å². The van der Waals surface area contributed by atoms with E-state index in [1.165, 1.54) is 72.3 Å². The lowest BCUT2D eigenvalue weighted by Crippen LogP contribution is -2.15. The van der Waals surface area contributed by atoms with Crippen molar-refractivity contribution in [3.8, 4) is 50.3 Å². The Hall–Kier alpha value is -5.66. The highest BCUT2D eigenvalue weighted by Crippen LogP contribution is 2.53. The Bertz CT molecular complexity index is 2320. The zero-order valence-corrected chi connectivity index (χ0v) is 28.0. The first-order valence-corrected chi connectivity index (χ1v) is 17.3. The minimum absolute atomic E-state index is 0.131. The van der Waals surface area contributed by atoms with E-state index in [9.17, 15) is 0 Å². The summed E-state index contributed by atoms with van der Waals surface area (Å²) in [5, 5.41) is 0. The van der Waals surface area contributed by atoms with Crippen LogP contribution < -0.4 is 4.74 Å². The molecule has 0 saturated heterocycles. The van der Waals surface area contributed by atoms with Crippen LogP contribution in [-0.4, -0.2) is 0 Å². The maximum absolute atomic E-state index is 6.47. The van der Waals surface area contributed by atoms with Gasteiger partial charge in [-0.3, -0.25) is 0 Å². The van der Waals surface area contributed by atoms with Crippen LogP contribution in [0.1, 0.15) is 54.0 Å². The van der Waals surface area contributed by atoms with E-state index < -0.39 is 0 Å². The molecule has 1 heterocycles. The Labute approximate surface area is 289 Å². The first-order chi connectivity index (χ1) is 23.9. The van der Waals surface area contributed by atoms with Gasteiger partial charge < -0.3 is 4.74 Å². The highest BCUT2D eigenvalue weighted by atomic mass is 16.5. The Kier molecular flexibility index (Phi) is 6.91. The summed E-state index contributed by atoms with van der Waals surface area (Å²) in [5.74, 6) is 2.41. The molecule has 0 N–H and O–H groups in total. The number of rotatable bonds is 6. The van der Waals surface area contributed by atoms with E-state index in [2.05, 4.69) is 172 Å². The summed E-state index contributed by atoms with van der Waals surface area (Å²) in [6.45, 7) is 9.27. The second kappa shape index (κ2) is 11.5. The van der Waals surface area contributed by atoms with Crippen LogP contribution in [-0.2, 0) is 11.8 Å². The molecule has 0 spiro atoms. The average Bonchev–Trinajstić information content (AvgIpc) is 3.64. The van der Waals surface area contributed by atoms with Gasteiger partial charge in [0.05, 0.1) is 0 Å². The number of fused-ring (bicyclic) bond motifs is 6. The minimum Gasteiger partial charge on any atom is -0.460 e. The van der Waals surface area contributed by atoms with Gasteiger partial charge in [0.1, 0.15) is 11.5 Å². The summed E-state index contributed by atoms with van der Waals surface area (Å²) in [5.41, 5.74) is 17.5. The van der Waals surface area contributed by atoms with E-state index in [0.29, 0.717) is 5.92 Å². The molecule has 6 aromatic carbocycles. The van der Waals surface area contributed by atoms with Crippen molar-refractivity contribution in [2.24, 2.45) is 0 Å². The number of ether oxygens (including phenoxy) is 1. The largest absolute Gasteiger partial charge is 0.460 e. The first-order valence-electron chi connectivity index (χ1n) is 17.3. The number of benzene rings is 6. The summed E-state index contributed by atoms with van der Waals surface area (Å²) >= 11 is 0. The van der Waals surface area contributed by atoms with Crippen LogP contribution in [0.3, 0.4) is 0 Å². The van der Waals surface area contributed by atoms with E-state index in [0.717, 1.165) is 29.9 Å². The Morgan fingerprint density at radius 2 is 1.29 bits per heavy atom. The SMILES string of the molecule is C=C(Cc1ccc(-c2ccc(-c3ccccc3)cc2)cc1)c1ccc2c(c1)C(C)(C)c1cc(-c3cccc4c3OC3=CC=CCC34)ccc1-2. The lowest BCUT2D eigenvalue weighted by Gasteiger charge is -2.23. The third kappa shape index (κ3) is 5.00. The molecule has 0 saturated carbocycles. The van der Waals surface area contributed by atoms with Crippen molar-refractivity contribution >= 4 is 5.57 Å². The van der Waals surface area contributed by atoms with Gasteiger partial charge in [0.25, 0.3) is 0 Å². The number of allylic oxidation sites excluding steroid dienone is 5. The topological polar surface area (TPSA) is 9.23 Å². The Morgan fingerprint density at radius 3 is 2.02 bits per heavy atom.